The molecular formula is C16H12CaN2O6. The molecule has 0 aromatic heterocycles. The molecule has 0 aliphatic rings. The Morgan fingerprint density at radius 1 is 0.640 bits per heavy atom. The molecule has 0 saturated heterocycles. The topological polar surface area (TPSA) is 166 Å². The number of hydrogen-bond acceptors (Lipinski definition) is 8. The number of para-hydroxylation sites is 2. The number of benzene rings is 2. The molecule has 0 saturated carbocycles. The first-order valence-electron chi connectivity index (χ1n) is 6.46. The van der Waals surface area contributed by atoms with E-state index in [4.69, 9.17) is 11.5 Å². The SMILES string of the molecule is Nc1ccccc1C(=O)C(=O)[O-].Nc1ccccc1C(=O)C(=O)[O-].[Ca+2]. The van der Waals surface area contributed by atoms with E-state index in [-0.39, 0.29) is 60.2 Å². The summed E-state index contributed by atoms with van der Waals surface area (Å²) < 4.78 is 0. The molecule has 2 aromatic rings. The second-order valence-corrected chi connectivity index (χ2v) is 4.41. The number of ketones is 2. The number of rotatable bonds is 4. The van der Waals surface area contributed by atoms with Crippen LogP contribution in [0.4, 0.5) is 11.4 Å². The summed E-state index contributed by atoms with van der Waals surface area (Å²) >= 11 is 0. The van der Waals surface area contributed by atoms with Crippen LogP contribution >= 0.6 is 0 Å². The number of hydrogen-bond donors (Lipinski definition) is 2. The fourth-order valence-electron chi connectivity index (χ4n) is 1.63. The number of aliphatic carboxylic acids is 2. The molecular weight excluding hydrogens is 356 g/mol. The zero-order valence-electron chi connectivity index (χ0n) is 12.9. The Balaban J connectivity index is 0.000000443. The van der Waals surface area contributed by atoms with Gasteiger partial charge in [-0.3, -0.25) is 9.59 Å². The van der Waals surface area contributed by atoms with Gasteiger partial charge in [-0.05, 0) is 24.3 Å². The van der Waals surface area contributed by atoms with Crippen LogP contribution in [0.25, 0.3) is 0 Å². The number of nitrogen functional groups attached to an aromatic ring is 2. The Hall–Kier alpha value is -2.42. The summed E-state index contributed by atoms with van der Waals surface area (Å²) in [6.07, 6.45) is 0. The number of carbonyl (C=O) groups excluding carboxylic acids is 4. The fourth-order valence-corrected chi connectivity index (χ4v) is 1.63. The molecule has 4 N–H and O–H groups in total. The average molecular weight is 368 g/mol. The molecule has 0 atom stereocenters. The van der Waals surface area contributed by atoms with Gasteiger partial charge in [0.15, 0.2) is 0 Å². The van der Waals surface area contributed by atoms with Crippen LogP contribution in [0.1, 0.15) is 20.7 Å². The van der Waals surface area contributed by atoms with E-state index >= 15 is 0 Å². The van der Waals surface area contributed by atoms with Gasteiger partial charge in [-0.1, -0.05) is 24.3 Å². The molecule has 8 nitrogen and oxygen atoms in total. The summed E-state index contributed by atoms with van der Waals surface area (Å²) in [5, 5.41) is 20.3. The van der Waals surface area contributed by atoms with E-state index in [9.17, 15) is 29.4 Å². The number of carboxylic acid groups (broad SMARTS) is 2. The third-order valence-electron chi connectivity index (χ3n) is 2.78. The van der Waals surface area contributed by atoms with Crippen LogP contribution in [0, 0.1) is 0 Å². The predicted octanol–water partition coefficient (Wildman–Crippen LogP) is -1.98. The van der Waals surface area contributed by atoms with Crippen LogP contribution in [0.15, 0.2) is 48.5 Å². The maximum atomic E-state index is 10.8. The van der Waals surface area contributed by atoms with E-state index in [2.05, 4.69) is 0 Å². The molecule has 124 valence electrons. The van der Waals surface area contributed by atoms with Gasteiger partial charge in [0.05, 0.1) is 0 Å². The largest absolute Gasteiger partial charge is 2.00 e. The molecule has 0 bridgehead atoms. The standard InChI is InChI=1S/2C8H7NO3.Ca/c2*9-6-4-2-1-3-5(6)7(10)8(11)12;/h2*1-4H,9H2,(H,11,12);/q;;+2/p-2. The molecule has 0 heterocycles. The second kappa shape index (κ2) is 10.4. The first-order valence-corrected chi connectivity index (χ1v) is 6.46. The minimum Gasteiger partial charge on any atom is -0.541 e. The van der Waals surface area contributed by atoms with E-state index in [0.29, 0.717) is 0 Å². The summed E-state index contributed by atoms with van der Waals surface area (Å²) in [6, 6.07) is 11.9. The normalized spacial score (nSPS) is 8.96. The van der Waals surface area contributed by atoms with Crippen molar-refractivity contribution in [2.75, 3.05) is 11.5 Å². The van der Waals surface area contributed by atoms with Crippen molar-refractivity contribution >= 4 is 72.6 Å². The Kier molecular flexibility index (Phi) is 9.43. The third-order valence-corrected chi connectivity index (χ3v) is 2.78. The molecule has 0 unspecified atom stereocenters. The van der Waals surface area contributed by atoms with E-state index < -0.39 is 23.5 Å². The second-order valence-electron chi connectivity index (χ2n) is 4.41. The molecule has 0 radical (unpaired) electrons. The quantitative estimate of drug-likeness (QED) is 0.271. The van der Waals surface area contributed by atoms with Crippen molar-refractivity contribution in [1.29, 1.82) is 0 Å². The molecule has 25 heavy (non-hydrogen) atoms. The maximum absolute atomic E-state index is 10.8. The van der Waals surface area contributed by atoms with E-state index in [1.807, 2.05) is 0 Å². The van der Waals surface area contributed by atoms with Gasteiger partial charge in [-0.2, -0.15) is 0 Å². The summed E-state index contributed by atoms with van der Waals surface area (Å²) in [4.78, 5) is 41.9. The Morgan fingerprint density at radius 3 is 1.16 bits per heavy atom. The van der Waals surface area contributed by atoms with Crippen molar-refractivity contribution in [1.82, 2.24) is 0 Å². The third kappa shape index (κ3) is 6.54. The maximum Gasteiger partial charge on any atom is 2.00 e. The zero-order valence-corrected chi connectivity index (χ0v) is 15.1. The minimum absolute atomic E-state index is 0. The van der Waals surface area contributed by atoms with Crippen molar-refractivity contribution in [3.05, 3.63) is 59.7 Å². The molecule has 0 spiro atoms. The minimum atomic E-state index is -1.74. The number of nitrogens with two attached hydrogens (primary N) is 2. The average Bonchev–Trinajstić information content (AvgIpc) is 2.55. The molecule has 9 heteroatoms. The fraction of sp³-hybridized carbons (Fsp3) is 0. The van der Waals surface area contributed by atoms with E-state index in [1.165, 1.54) is 36.4 Å². The molecule has 0 fully saturated rings. The van der Waals surface area contributed by atoms with Crippen LogP contribution in [0.2, 0.25) is 0 Å². The van der Waals surface area contributed by atoms with Gasteiger partial charge in [0, 0.05) is 22.5 Å². The van der Waals surface area contributed by atoms with Crippen molar-refractivity contribution in [3.63, 3.8) is 0 Å². The van der Waals surface area contributed by atoms with Crippen molar-refractivity contribution in [2.24, 2.45) is 0 Å². The van der Waals surface area contributed by atoms with Crippen LogP contribution < -0.4 is 21.7 Å². The number of carbonyl (C=O) groups is 4. The monoisotopic (exact) mass is 368 g/mol. The first kappa shape index (κ1) is 22.6. The number of Topliss-reactive ketones (excluding diaryl/α,β-unsaturated/α-hetero) is 2. The zero-order chi connectivity index (χ0) is 18.3. The van der Waals surface area contributed by atoms with Gasteiger partial charge in [-0.25, -0.2) is 0 Å². The summed E-state index contributed by atoms with van der Waals surface area (Å²) in [6.45, 7) is 0. The molecule has 0 aliphatic carbocycles. The van der Waals surface area contributed by atoms with Gasteiger partial charge < -0.3 is 31.3 Å². The number of anilines is 2. The Labute approximate surface area is 172 Å². The first-order chi connectivity index (χ1) is 11.3. The smallest absolute Gasteiger partial charge is 0.541 e. The van der Waals surface area contributed by atoms with Crippen molar-refractivity contribution < 1.29 is 29.4 Å². The van der Waals surface area contributed by atoms with E-state index in [0.717, 1.165) is 0 Å². The van der Waals surface area contributed by atoms with Crippen molar-refractivity contribution in [2.45, 2.75) is 0 Å². The number of carboxylic acids is 2. The summed E-state index contributed by atoms with van der Waals surface area (Å²) in [5.41, 5.74) is 10.9. The van der Waals surface area contributed by atoms with Gasteiger partial charge in [0.2, 0.25) is 11.6 Å². The molecule has 2 aromatic carbocycles. The van der Waals surface area contributed by atoms with Gasteiger partial charge >= 0.3 is 37.7 Å². The summed E-state index contributed by atoms with van der Waals surface area (Å²) in [7, 11) is 0. The Morgan fingerprint density at radius 2 is 0.920 bits per heavy atom. The van der Waals surface area contributed by atoms with Crippen molar-refractivity contribution in [3.8, 4) is 0 Å². The molecule has 0 amide bonds. The Bertz CT molecular complexity index is 739. The van der Waals surface area contributed by atoms with Crippen LogP contribution in [-0.4, -0.2) is 61.2 Å². The van der Waals surface area contributed by atoms with Gasteiger partial charge in [0.25, 0.3) is 0 Å². The molecule has 2 rings (SSSR count). The molecule has 0 aliphatic heterocycles. The van der Waals surface area contributed by atoms with E-state index in [1.54, 1.807) is 12.1 Å². The van der Waals surface area contributed by atoms with Gasteiger partial charge in [0.1, 0.15) is 11.9 Å². The predicted molar refractivity (Wildman–Crippen MR) is 86.1 cm³/mol. The van der Waals surface area contributed by atoms with Gasteiger partial charge in [-0.15, -0.1) is 0 Å². The van der Waals surface area contributed by atoms with Crippen LogP contribution in [0.5, 0.6) is 0 Å². The summed E-state index contributed by atoms with van der Waals surface area (Å²) in [5.74, 6) is -5.66. The van der Waals surface area contributed by atoms with Crippen LogP contribution in [-0.2, 0) is 9.59 Å². The van der Waals surface area contributed by atoms with Crippen LogP contribution in [0.3, 0.4) is 0 Å².